The largest absolute Gasteiger partial charge is 0.350 e. The van der Waals surface area contributed by atoms with Crippen LogP contribution in [0.2, 0.25) is 0 Å². The van der Waals surface area contributed by atoms with E-state index in [1.54, 1.807) is 0 Å². The maximum atomic E-state index is 4.19. The van der Waals surface area contributed by atoms with Gasteiger partial charge in [0.05, 0.1) is 0 Å². The van der Waals surface area contributed by atoms with Crippen molar-refractivity contribution in [1.29, 1.82) is 0 Å². The van der Waals surface area contributed by atoms with Gasteiger partial charge in [0.2, 0.25) is 0 Å². The summed E-state index contributed by atoms with van der Waals surface area (Å²) in [5, 5.41) is 0. The molecule has 3 rings (SSSR count). The molecule has 0 saturated heterocycles. The van der Waals surface area contributed by atoms with E-state index >= 15 is 0 Å². The first-order valence-corrected chi connectivity index (χ1v) is 6.88. The molecule has 1 aliphatic heterocycles. The Morgan fingerprint density at radius 1 is 0.900 bits per heavy atom. The van der Waals surface area contributed by atoms with Gasteiger partial charge < -0.3 is 4.90 Å². The van der Waals surface area contributed by atoms with Gasteiger partial charge >= 0.3 is 0 Å². The summed E-state index contributed by atoms with van der Waals surface area (Å²) in [5.41, 5.74) is 8.63. The Morgan fingerprint density at radius 2 is 1.65 bits per heavy atom. The summed E-state index contributed by atoms with van der Waals surface area (Å²) < 4.78 is 0. The van der Waals surface area contributed by atoms with Crippen molar-refractivity contribution < 1.29 is 0 Å². The molecule has 0 atom stereocenters. The van der Waals surface area contributed by atoms with Crippen molar-refractivity contribution >= 4 is 11.3 Å². The highest BCUT2D eigenvalue weighted by molar-refractivity contribution is 5.90. The Labute approximate surface area is 120 Å². The van der Waals surface area contributed by atoms with Crippen molar-refractivity contribution in [3.05, 3.63) is 83.1 Å². The number of hydrogen-bond acceptors (Lipinski definition) is 1. The Balaban J connectivity index is 2.23. The lowest BCUT2D eigenvalue weighted by Gasteiger charge is -2.28. The molecule has 0 amide bonds. The summed E-state index contributed by atoms with van der Waals surface area (Å²) in [6.07, 6.45) is 2.18. The molecule has 0 aliphatic carbocycles. The van der Waals surface area contributed by atoms with Crippen LogP contribution in [0.15, 0.2) is 55.2 Å². The summed E-state index contributed by atoms with van der Waals surface area (Å²) in [6, 6.07) is 15.2. The summed E-state index contributed by atoms with van der Waals surface area (Å²) in [6.45, 7) is 8.46. The quantitative estimate of drug-likeness (QED) is 0.724. The first-order valence-electron chi connectivity index (χ1n) is 6.88. The number of nitrogens with zero attached hydrogens (tertiary/aromatic N) is 1. The van der Waals surface area contributed by atoms with E-state index in [0.29, 0.717) is 0 Å². The summed E-state index contributed by atoms with van der Waals surface area (Å²) in [5.74, 6) is 0. The molecule has 0 aromatic heterocycles. The molecule has 1 heteroatoms. The Morgan fingerprint density at radius 3 is 2.40 bits per heavy atom. The first-order chi connectivity index (χ1) is 9.56. The van der Waals surface area contributed by atoms with Crippen LogP contribution in [-0.4, -0.2) is 11.9 Å². The van der Waals surface area contributed by atoms with Crippen LogP contribution in [0.3, 0.4) is 0 Å². The van der Waals surface area contributed by atoms with E-state index in [1.165, 1.54) is 33.4 Å². The zero-order chi connectivity index (χ0) is 14.3. The molecule has 0 bridgehead atoms. The minimum atomic E-state index is 1.05. The van der Waals surface area contributed by atoms with Gasteiger partial charge in [-0.1, -0.05) is 60.2 Å². The van der Waals surface area contributed by atoms with Crippen LogP contribution in [0.25, 0.3) is 11.3 Å². The normalized spacial score (nSPS) is 14.1. The van der Waals surface area contributed by atoms with Crippen molar-refractivity contribution in [3.63, 3.8) is 0 Å². The van der Waals surface area contributed by atoms with E-state index < -0.39 is 0 Å². The molecule has 0 fully saturated rings. The summed E-state index contributed by atoms with van der Waals surface area (Å²) in [7, 11) is 2.06. The van der Waals surface area contributed by atoms with Gasteiger partial charge in [0.15, 0.2) is 0 Å². The number of rotatable bonds is 1. The maximum absolute atomic E-state index is 4.19. The van der Waals surface area contributed by atoms with Crippen LogP contribution in [0.5, 0.6) is 0 Å². The van der Waals surface area contributed by atoms with Crippen LogP contribution in [0.1, 0.15) is 27.8 Å². The highest BCUT2D eigenvalue weighted by atomic mass is 15.1. The van der Waals surface area contributed by atoms with Crippen LogP contribution in [-0.2, 0) is 0 Å². The molecule has 1 heterocycles. The SMILES string of the molecule is C=C1c2ccc(C)cc2C(c2cccc(C)c2)=CN1C. The van der Waals surface area contributed by atoms with Crippen LogP contribution in [0, 0.1) is 13.8 Å². The van der Waals surface area contributed by atoms with E-state index in [4.69, 9.17) is 0 Å². The molecule has 0 radical (unpaired) electrons. The predicted octanol–water partition coefficient (Wildman–Crippen LogP) is 4.61. The van der Waals surface area contributed by atoms with Crippen molar-refractivity contribution in [2.45, 2.75) is 13.8 Å². The minimum absolute atomic E-state index is 1.05. The summed E-state index contributed by atoms with van der Waals surface area (Å²) in [4.78, 5) is 2.11. The van der Waals surface area contributed by atoms with Gasteiger partial charge in [0, 0.05) is 30.1 Å². The molecule has 1 nitrogen and oxygen atoms in total. The topological polar surface area (TPSA) is 3.24 Å². The second-order valence-corrected chi connectivity index (χ2v) is 5.52. The molecule has 0 unspecified atom stereocenters. The van der Waals surface area contributed by atoms with E-state index in [1.807, 2.05) is 0 Å². The van der Waals surface area contributed by atoms with E-state index in [9.17, 15) is 0 Å². The third-order valence-electron chi connectivity index (χ3n) is 3.85. The zero-order valence-electron chi connectivity index (χ0n) is 12.3. The monoisotopic (exact) mass is 261 g/mol. The standard InChI is InChI=1S/C19H19N/c1-13-6-5-7-16(10-13)19-12-20(4)15(3)17-9-8-14(2)11-18(17)19/h5-12H,3H2,1-2,4H3. The van der Waals surface area contributed by atoms with Gasteiger partial charge in [-0.3, -0.25) is 0 Å². The van der Waals surface area contributed by atoms with Crippen molar-refractivity contribution in [2.75, 3.05) is 7.05 Å². The number of fused-ring (bicyclic) bond motifs is 1. The average molecular weight is 261 g/mol. The van der Waals surface area contributed by atoms with Gasteiger partial charge in [-0.25, -0.2) is 0 Å². The molecule has 0 saturated carbocycles. The van der Waals surface area contributed by atoms with Crippen molar-refractivity contribution in [3.8, 4) is 0 Å². The zero-order valence-corrected chi connectivity index (χ0v) is 12.3. The summed E-state index contributed by atoms with van der Waals surface area (Å²) >= 11 is 0. The number of hydrogen-bond donors (Lipinski definition) is 0. The molecule has 100 valence electrons. The van der Waals surface area contributed by atoms with Gasteiger partial charge in [0.1, 0.15) is 0 Å². The minimum Gasteiger partial charge on any atom is -0.350 e. The smallest absolute Gasteiger partial charge is 0.0410 e. The van der Waals surface area contributed by atoms with Crippen LogP contribution >= 0.6 is 0 Å². The van der Waals surface area contributed by atoms with Crippen LogP contribution in [0.4, 0.5) is 0 Å². The molecule has 1 aliphatic rings. The van der Waals surface area contributed by atoms with Crippen molar-refractivity contribution in [1.82, 2.24) is 4.90 Å². The molecular weight excluding hydrogens is 242 g/mol. The average Bonchev–Trinajstić information content (AvgIpc) is 2.42. The highest BCUT2D eigenvalue weighted by Gasteiger charge is 2.19. The highest BCUT2D eigenvalue weighted by Crippen LogP contribution is 2.36. The van der Waals surface area contributed by atoms with Gasteiger partial charge in [-0.15, -0.1) is 0 Å². The lowest BCUT2D eigenvalue weighted by Crippen LogP contribution is -2.16. The fourth-order valence-electron chi connectivity index (χ4n) is 2.71. The second kappa shape index (κ2) is 4.68. The Kier molecular flexibility index (Phi) is 2.98. The van der Waals surface area contributed by atoms with Crippen LogP contribution < -0.4 is 0 Å². The fourth-order valence-corrected chi connectivity index (χ4v) is 2.71. The van der Waals surface area contributed by atoms with Crippen molar-refractivity contribution in [2.24, 2.45) is 0 Å². The Hall–Kier alpha value is -2.28. The predicted molar refractivity (Wildman–Crippen MR) is 86.2 cm³/mol. The van der Waals surface area contributed by atoms with E-state index in [0.717, 1.165) is 5.70 Å². The molecule has 0 N–H and O–H groups in total. The lowest BCUT2D eigenvalue weighted by atomic mass is 9.89. The molecule has 2 aromatic carbocycles. The molecular formula is C19H19N. The molecule has 20 heavy (non-hydrogen) atoms. The van der Waals surface area contributed by atoms with Gasteiger partial charge in [-0.05, 0) is 25.0 Å². The van der Waals surface area contributed by atoms with Gasteiger partial charge in [-0.2, -0.15) is 0 Å². The molecule has 2 aromatic rings. The first kappa shape index (κ1) is 12.7. The van der Waals surface area contributed by atoms with Gasteiger partial charge in [0.25, 0.3) is 0 Å². The lowest BCUT2D eigenvalue weighted by molar-refractivity contribution is 0.653. The van der Waals surface area contributed by atoms with E-state index in [2.05, 4.69) is 81.0 Å². The Bertz CT molecular complexity index is 722. The number of benzene rings is 2. The fraction of sp³-hybridized carbons (Fsp3) is 0.158. The maximum Gasteiger partial charge on any atom is 0.0410 e. The second-order valence-electron chi connectivity index (χ2n) is 5.52. The number of aryl methyl sites for hydroxylation is 2. The van der Waals surface area contributed by atoms with E-state index in [-0.39, 0.29) is 0 Å². The third kappa shape index (κ3) is 2.05. The third-order valence-corrected chi connectivity index (χ3v) is 3.85. The molecule has 0 spiro atoms.